The summed E-state index contributed by atoms with van der Waals surface area (Å²) >= 11 is 6.17. The molecule has 0 radical (unpaired) electrons. The maximum absolute atomic E-state index is 12.5. The van der Waals surface area contributed by atoms with E-state index in [4.69, 9.17) is 16.3 Å². The zero-order valence-corrected chi connectivity index (χ0v) is 16.3. The van der Waals surface area contributed by atoms with E-state index in [0.717, 1.165) is 24.4 Å². The largest absolute Gasteiger partial charge is 0.457 e. The molecule has 0 aliphatic heterocycles. The van der Waals surface area contributed by atoms with Gasteiger partial charge in [-0.1, -0.05) is 17.7 Å². The number of aliphatic imine (C=N–C) groups is 1. The smallest absolute Gasteiger partial charge is 0.433 e. The van der Waals surface area contributed by atoms with Crippen LogP contribution in [0.1, 0.15) is 34.1 Å². The van der Waals surface area contributed by atoms with Crippen LogP contribution in [0.3, 0.4) is 0 Å². The summed E-state index contributed by atoms with van der Waals surface area (Å²) in [5, 5.41) is 0.174. The summed E-state index contributed by atoms with van der Waals surface area (Å²) in [5.41, 5.74) is 0.827. The molecule has 0 fully saturated rings. The van der Waals surface area contributed by atoms with Crippen LogP contribution >= 0.6 is 11.6 Å². The highest BCUT2D eigenvalue weighted by molar-refractivity contribution is 6.33. The number of ether oxygens (including phenoxy) is 1. The zero-order chi connectivity index (χ0) is 20.9. The topological polar surface area (TPSA) is 54.8 Å². The molecule has 150 valence electrons. The van der Waals surface area contributed by atoms with Crippen LogP contribution in [0, 0.1) is 6.92 Å². The van der Waals surface area contributed by atoms with Crippen molar-refractivity contribution in [2.45, 2.75) is 26.6 Å². The highest BCUT2D eigenvalue weighted by Crippen LogP contribution is 2.29. The molecule has 1 aromatic heterocycles. The number of carbonyl (C=O) groups is 1. The van der Waals surface area contributed by atoms with Crippen molar-refractivity contribution in [3.05, 3.63) is 57.9 Å². The molecule has 0 bridgehead atoms. The molecule has 2 aromatic rings. The van der Waals surface area contributed by atoms with E-state index in [1.165, 1.54) is 6.07 Å². The molecule has 0 N–H and O–H groups in total. The van der Waals surface area contributed by atoms with E-state index in [1.807, 2.05) is 18.9 Å². The minimum atomic E-state index is -4.52. The molecule has 28 heavy (non-hydrogen) atoms. The number of alkyl halides is 3. The van der Waals surface area contributed by atoms with Gasteiger partial charge in [0.05, 0.1) is 22.6 Å². The van der Waals surface area contributed by atoms with Crippen LogP contribution in [0.2, 0.25) is 5.02 Å². The molecule has 0 atom stereocenters. The van der Waals surface area contributed by atoms with Crippen LogP contribution in [0.4, 0.5) is 18.9 Å². The van der Waals surface area contributed by atoms with Crippen molar-refractivity contribution in [1.82, 2.24) is 9.88 Å². The number of pyridine rings is 1. The van der Waals surface area contributed by atoms with E-state index in [9.17, 15) is 18.0 Å². The second-order valence-corrected chi connectivity index (χ2v) is 6.47. The van der Waals surface area contributed by atoms with E-state index in [0.29, 0.717) is 11.3 Å². The van der Waals surface area contributed by atoms with Gasteiger partial charge in [0, 0.05) is 25.4 Å². The van der Waals surface area contributed by atoms with E-state index >= 15 is 0 Å². The zero-order valence-electron chi connectivity index (χ0n) is 15.5. The number of aryl methyl sites for hydroxylation is 1. The fraction of sp³-hybridized carbons (Fsp3) is 0.316. The Labute approximate surface area is 165 Å². The standard InChI is InChI=1S/C19H19ClF3N3O2/c1-4-26(3)11-25-16-8-15(20)14(7-12(16)2)18(27)28-10-13-5-6-17(24-9-13)19(21,22)23/h5-9,11H,4,10H2,1-3H3. The molecule has 9 heteroatoms. The average molecular weight is 414 g/mol. The van der Waals surface area contributed by atoms with Crippen LogP contribution in [0.25, 0.3) is 0 Å². The van der Waals surface area contributed by atoms with Gasteiger partial charge in [0.15, 0.2) is 0 Å². The Morgan fingerprint density at radius 2 is 2.07 bits per heavy atom. The summed E-state index contributed by atoms with van der Waals surface area (Å²) in [6.07, 6.45) is -1.84. The number of esters is 1. The quantitative estimate of drug-likeness (QED) is 0.378. The number of benzene rings is 1. The predicted molar refractivity (Wildman–Crippen MR) is 101 cm³/mol. The number of nitrogens with zero attached hydrogens (tertiary/aromatic N) is 3. The monoisotopic (exact) mass is 413 g/mol. The minimum Gasteiger partial charge on any atom is -0.457 e. The first-order chi connectivity index (χ1) is 13.1. The third-order valence-corrected chi connectivity index (χ3v) is 4.20. The van der Waals surface area contributed by atoms with Crippen molar-refractivity contribution in [2.75, 3.05) is 13.6 Å². The van der Waals surface area contributed by atoms with Gasteiger partial charge in [-0.05, 0) is 37.6 Å². The van der Waals surface area contributed by atoms with E-state index in [-0.39, 0.29) is 17.2 Å². The minimum absolute atomic E-state index is 0.154. The highest BCUT2D eigenvalue weighted by atomic mass is 35.5. The molecular formula is C19H19ClF3N3O2. The molecule has 5 nitrogen and oxygen atoms in total. The first-order valence-corrected chi connectivity index (χ1v) is 8.73. The second-order valence-electron chi connectivity index (χ2n) is 6.06. The van der Waals surface area contributed by atoms with Crippen molar-refractivity contribution in [1.29, 1.82) is 0 Å². The number of aromatic nitrogens is 1. The van der Waals surface area contributed by atoms with Crippen molar-refractivity contribution < 1.29 is 22.7 Å². The summed E-state index contributed by atoms with van der Waals surface area (Å²) < 4.78 is 42.7. The fourth-order valence-electron chi connectivity index (χ4n) is 2.11. The number of hydrogen-bond donors (Lipinski definition) is 0. The summed E-state index contributed by atoms with van der Waals surface area (Å²) in [6.45, 7) is 4.34. The molecule has 0 saturated carbocycles. The Balaban J connectivity index is 2.08. The van der Waals surface area contributed by atoms with E-state index in [1.54, 1.807) is 25.4 Å². The van der Waals surface area contributed by atoms with Crippen LogP contribution in [-0.4, -0.2) is 35.8 Å². The summed E-state index contributed by atoms with van der Waals surface area (Å²) in [6, 6.07) is 5.17. The Morgan fingerprint density at radius 3 is 2.64 bits per heavy atom. The lowest BCUT2D eigenvalue weighted by Crippen LogP contribution is -2.14. The summed E-state index contributed by atoms with van der Waals surface area (Å²) in [7, 11) is 1.88. The lowest BCUT2D eigenvalue weighted by Gasteiger charge is -2.11. The van der Waals surface area contributed by atoms with Crippen LogP contribution in [0.5, 0.6) is 0 Å². The van der Waals surface area contributed by atoms with Gasteiger partial charge in [-0.15, -0.1) is 0 Å². The molecule has 0 saturated heterocycles. The average Bonchev–Trinajstić information content (AvgIpc) is 2.65. The first kappa shape index (κ1) is 21.7. The maximum atomic E-state index is 12.5. The van der Waals surface area contributed by atoms with Gasteiger partial charge in [0.25, 0.3) is 0 Å². The van der Waals surface area contributed by atoms with Gasteiger partial charge in [-0.3, -0.25) is 4.98 Å². The van der Waals surface area contributed by atoms with Gasteiger partial charge in [-0.25, -0.2) is 9.79 Å². The Morgan fingerprint density at radius 1 is 1.36 bits per heavy atom. The van der Waals surface area contributed by atoms with Gasteiger partial charge < -0.3 is 9.64 Å². The molecular weight excluding hydrogens is 395 g/mol. The first-order valence-electron chi connectivity index (χ1n) is 8.35. The molecule has 1 aromatic carbocycles. The fourth-order valence-corrected chi connectivity index (χ4v) is 2.35. The maximum Gasteiger partial charge on any atom is 0.433 e. The second kappa shape index (κ2) is 9.05. The molecule has 2 rings (SSSR count). The third-order valence-electron chi connectivity index (χ3n) is 3.88. The SMILES string of the molecule is CCN(C)C=Nc1cc(Cl)c(C(=O)OCc2ccc(C(F)(F)F)nc2)cc1C. The summed E-state index contributed by atoms with van der Waals surface area (Å²) in [4.78, 5) is 21.8. The van der Waals surface area contributed by atoms with Crippen LogP contribution in [0.15, 0.2) is 35.5 Å². The normalized spacial score (nSPS) is 11.7. The van der Waals surface area contributed by atoms with Gasteiger partial charge >= 0.3 is 12.1 Å². The number of hydrogen-bond acceptors (Lipinski definition) is 4. The molecule has 0 amide bonds. The molecule has 0 unspecified atom stereocenters. The summed E-state index contributed by atoms with van der Waals surface area (Å²) in [5.74, 6) is -0.686. The molecule has 0 aliphatic rings. The molecule has 0 spiro atoms. The highest BCUT2D eigenvalue weighted by Gasteiger charge is 2.32. The Bertz CT molecular complexity index is 868. The predicted octanol–water partition coefficient (Wildman–Crippen LogP) is 5.03. The lowest BCUT2D eigenvalue weighted by atomic mass is 10.1. The molecule has 0 aliphatic carbocycles. The van der Waals surface area contributed by atoms with Crippen molar-refractivity contribution in [3.63, 3.8) is 0 Å². The number of carbonyl (C=O) groups excluding carboxylic acids is 1. The van der Waals surface area contributed by atoms with Gasteiger partial charge in [-0.2, -0.15) is 13.2 Å². The van der Waals surface area contributed by atoms with Crippen LogP contribution < -0.4 is 0 Å². The molecule has 1 heterocycles. The van der Waals surface area contributed by atoms with Crippen molar-refractivity contribution >= 4 is 29.6 Å². The van der Waals surface area contributed by atoms with Crippen LogP contribution in [-0.2, 0) is 17.5 Å². The van der Waals surface area contributed by atoms with E-state index < -0.39 is 17.8 Å². The van der Waals surface area contributed by atoms with Crippen molar-refractivity contribution in [3.8, 4) is 0 Å². The Kier molecular flexibility index (Phi) is 7.01. The lowest BCUT2D eigenvalue weighted by molar-refractivity contribution is -0.141. The van der Waals surface area contributed by atoms with Gasteiger partial charge in [0.1, 0.15) is 12.3 Å². The van der Waals surface area contributed by atoms with E-state index in [2.05, 4.69) is 9.98 Å². The third kappa shape index (κ3) is 5.69. The number of rotatable bonds is 6. The number of halogens is 4. The Hall–Kier alpha value is -2.61. The van der Waals surface area contributed by atoms with Gasteiger partial charge in [0.2, 0.25) is 0 Å². The van der Waals surface area contributed by atoms with Crippen molar-refractivity contribution in [2.24, 2.45) is 4.99 Å².